The zero-order chi connectivity index (χ0) is 15.3. The lowest BCUT2D eigenvalue weighted by Crippen LogP contribution is -2.50. The van der Waals surface area contributed by atoms with Gasteiger partial charge < -0.3 is 15.0 Å². The average Bonchev–Trinajstić information content (AvgIpc) is 2.25. The second-order valence-corrected chi connectivity index (χ2v) is 6.49. The van der Waals surface area contributed by atoms with Gasteiger partial charge >= 0.3 is 6.09 Å². The molecule has 1 aliphatic rings. The van der Waals surface area contributed by atoms with Crippen LogP contribution in [0.3, 0.4) is 0 Å². The van der Waals surface area contributed by atoms with E-state index in [4.69, 9.17) is 4.74 Å². The van der Waals surface area contributed by atoms with Crippen molar-refractivity contribution >= 4 is 12.0 Å². The standard InChI is InChI=1S/C15H26N2O3/c1-11(2)9-13(18)17-8-6-7-12(10-17)16-14(19)20-15(3,4)5/h9,12H,6-8,10H2,1-5H3,(H,16,19). The van der Waals surface area contributed by atoms with E-state index in [1.165, 1.54) is 0 Å². The monoisotopic (exact) mass is 282 g/mol. The van der Waals surface area contributed by atoms with Crippen molar-refractivity contribution in [3.8, 4) is 0 Å². The predicted molar refractivity (Wildman–Crippen MR) is 78.4 cm³/mol. The average molecular weight is 282 g/mol. The highest BCUT2D eigenvalue weighted by Gasteiger charge is 2.25. The zero-order valence-corrected chi connectivity index (χ0v) is 13.2. The number of amides is 2. The first-order valence-electron chi connectivity index (χ1n) is 7.11. The van der Waals surface area contributed by atoms with E-state index in [1.807, 2.05) is 34.6 Å². The number of allylic oxidation sites excluding steroid dienone is 1. The molecule has 1 N–H and O–H groups in total. The van der Waals surface area contributed by atoms with Crippen LogP contribution in [0.2, 0.25) is 0 Å². The number of piperidine rings is 1. The molecule has 114 valence electrons. The summed E-state index contributed by atoms with van der Waals surface area (Å²) in [6, 6.07) is -0.0342. The van der Waals surface area contributed by atoms with E-state index in [9.17, 15) is 9.59 Å². The Hall–Kier alpha value is -1.52. The van der Waals surface area contributed by atoms with Crippen LogP contribution in [0, 0.1) is 0 Å². The maximum Gasteiger partial charge on any atom is 0.407 e. The molecule has 0 bridgehead atoms. The van der Waals surface area contributed by atoms with Gasteiger partial charge in [-0.1, -0.05) is 5.57 Å². The van der Waals surface area contributed by atoms with Gasteiger partial charge in [0.15, 0.2) is 0 Å². The van der Waals surface area contributed by atoms with Crippen molar-refractivity contribution in [1.29, 1.82) is 0 Å². The summed E-state index contributed by atoms with van der Waals surface area (Å²) >= 11 is 0. The molecule has 1 atom stereocenters. The molecule has 0 saturated carbocycles. The largest absolute Gasteiger partial charge is 0.444 e. The van der Waals surface area contributed by atoms with E-state index in [0.717, 1.165) is 25.0 Å². The summed E-state index contributed by atoms with van der Waals surface area (Å²) in [7, 11) is 0. The number of alkyl carbamates (subject to hydrolysis) is 1. The lowest BCUT2D eigenvalue weighted by atomic mass is 10.1. The lowest BCUT2D eigenvalue weighted by Gasteiger charge is -2.33. The van der Waals surface area contributed by atoms with Crippen molar-refractivity contribution in [2.45, 2.75) is 59.1 Å². The van der Waals surface area contributed by atoms with E-state index in [2.05, 4.69) is 5.32 Å². The van der Waals surface area contributed by atoms with Crippen molar-refractivity contribution in [1.82, 2.24) is 10.2 Å². The van der Waals surface area contributed by atoms with Crippen LogP contribution in [0.25, 0.3) is 0 Å². The third-order valence-corrected chi connectivity index (χ3v) is 2.87. The van der Waals surface area contributed by atoms with Crippen molar-refractivity contribution in [2.24, 2.45) is 0 Å². The number of rotatable bonds is 2. The fourth-order valence-electron chi connectivity index (χ4n) is 2.11. The topological polar surface area (TPSA) is 58.6 Å². The molecule has 1 fully saturated rings. The number of carbonyl (C=O) groups is 2. The summed E-state index contributed by atoms with van der Waals surface area (Å²) in [5, 5.41) is 2.84. The second kappa shape index (κ2) is 6.77. The molecular formula is C15H26N2O3. The summed E-state index contributed by atoms with van der Waals surface area (Å²) in [5.74, 6) is 0.0145. The molecule has 0 spiro atoms. The summed E-state index contributed by atoms with van der Waals surface area (Å²) in [4.78, 5) is 25.5. The summed E-state index contributed by atoms with van der Waals surface area (Å²) in [5.41, 5.74) is 0.480. The van der Waals surface area contributed by atoms with Gasteiger partial charge in [0.25, 0.3) is 0 Å². The number of likely N-dealkylation sites (tertiary alicyclic amines) is 1. The normalized spacial score (nSPS) is 19.2. The number of hydrogen-bond acceptors (Lipinski definition) is 3. The van der Waals surface area contributed by atoms with Crippen LogP contribution in [0.4, 0.5) is 4.79 Å². The molecule has 0 aromatic carbocycles. The minimum Gasteiger partial charge on any atom is -0.444 e. The predicted octanol–water partition coefficient (Wildman–Crippen LogP) is 2.47. The molecule has 1 heterocycles. The highest BCUT2D eigenvalue weighted by Crippen LogP contribution is 2.13. The number of carbonyl (C=O) groups excluding carboxylic acids is 2. The molecule has 0 aliphatic carbocycles. The van der Waals surface area contributed by atoms with E-state index in [1.54, 1.807) is 11.0 Å². The first-order chi connectivity index (χ1) is 9.17. The van der Waals surface area contributed by atoms with Crippen LogP contribution in [0.15, 0.2) is 11.6 Å². The van der Waals surface area contributed by atoms with Gasteiger partial charge in [-0.3, -0.25) is 4.79 Å². The summed E-state index contributed by atoms with van der Waals surface area (Å²) in [6.07, 6.45) is 2.98. The molecule has 0 aromatic rings. The van der Waals surface area contributed by atoms with E-state index in [0.29, 0.717) is 6.54 Å². The molecule has 5 nitrogen and oxygen atoms in total. The van der Waals surface area contributed by atoms with Gasteiger partial charge in [-0.15, -0.1) is 0 Å². The zero-order valence-electron chi connectivity index (χ0n) is 13.2. The summed E-state index contributed by atoms with van der Waals surface area (Å²) in [6.45, 7) is 10.6. The molecule has 1 aliphatic heterocycles. The minimum atomic E-state index is -0.504. The van der Waals surface area contributed by atoms with Gasteiger partial charge in [-0.2, -0.15) is 0 Å². The van der Waals surface area contributed by atoms with Crippen molar-refractivity contribution in [3.05, 3.63) is 11.6 Å². The first-order valence-corrected chi connectivity index (χ1v) is 7.11. The highest BCUT2D eigenvalue weighted by atomic mass is 16.6. The molecule has 0 aromatic heterocycles. The van der Waals surface area contributed by atoms with Gasteiger partial charge in [0.1, 0.15) is 5.60 Å². The first kappa shape index (κ1) is 16.5. The molecule has 1 rings (SSSR count). The number of ether oxygens (including phenoxy) is 1. The Morgan fingerprint density at radius 1 is 1.30 bits per heavy atom. The molecule has 5 heteroatoms. The van der Waals surface area contributed by atoms with Crippen molar-refractivity contribution in [3.63, 3.8) is 0 Å². The van der Waals surface area contributed by atoms with Gasteiger partial charge in [0.2, 0.25) is 5.91 Å². The quantitative estimate of drug-likeness (QED) is 0.792. The van der Waals surface area contributed by atoms with Gasteiger partial charge in [-0.05, 0) is 47.5 Å². The number of hydrogen-bond donors (Lipinski definition) is 1. The van der Waals surface area contributed by atoms with Gasteiger partial charge in [-0.25, -0.2) is 4.79 Å². The Balaban J connectivity index is 2.51. The maximum atomic E-state index is 12.0. The molecule has 1 unspecified atom stereocenters. The van der Waals surface area contributed by atoms with Crippen LogP contribution >= 0.6 is 0 Å². The number of nitrogens with zero attached hydrogens (tertiary/aromatic N) is 1. The Labute approximate surface area is 121 Å². The Kier molecular flexibility index (Phi) is 5.60. The molecule has 20 heavy (non-hydrogen) atoms. The van der Waals surface area contributed by atoms with Crippen LogP contribution in [-0.4, -0.2) is 41.6 Å². The lowest BCUT2D eigenvalue weighted by molar-refractivity contribution is -0.127. The van der Waals surface area contributed by atoms with Crippen LogP contribution in [-0.2, 0) is 9.53 Å². The highest BCUT2D eigenvalue weighted by molar-refractivity contribution is 5.88. The van der Waals surface area contributed by atoms with Crippen LogP contribution < -0.4 is 5.32 Å². The Bertz CT molecular complexity index is 392. The Morgan fingerprint density at radius 2 is 1.95 bits per heavy atom. The second-order valence-electron chi connectivity index (χ2n) is 6.49. The third-order valence-electron chi connectivity index (χ3n) is 2.87. The van der Waals surface area contributed by atoms with Gasteiger partial charge in [0, 0.05) is 25.2 Å². The van der Waals surface area contributed by atoms with E-state index >= 15 is 0 Å². The molecule has 0 radical (unpaired) electrons. The molecule has 1 saturated heterocycles. The number of nitrogens with one attached hydrogen (secondary N) is 1. The van der Waals surface area contributed by atoms with E-state index in [-0.39, 0.29) is 11.9 Å². The molecular weight excluding hydrogens is 256 g/mol. The fraction of sp³-hybridized carbons (Fsp3) is 0.733. The van der Waals surface area contributed by atoms with Gasteiger partial charge in [0.05, 0.1) is 0 Å². The van der Waals surface area contributed by atoms with Crippen molar-refractivity contribution < 1.29 is 14.3 Å². The van der Waals surface area contributed by atoms with E-state index < -0.39 is 11.7 Å². The summed E-state index contributed by atoms with van der Waals surface area (Å²) < 4.78 is 5.24. The SMILES string of the molecule is CC(C)=CC(=O)N1CCCC(NC(=O)OC(C)(C)C)C1. The fourth-order valence-corrected chi connectivity index (χ4v) is 2.11. The maximum absolute atomic E-state index is 12.0. The minimum absolute atomic E-state index is 0.0145. The van der Waals surface area contributed by atoms with Crippen LogP contribution in [0.1, 0.15) is 47.5 Å². The molecule has 2 amide bonds. The smallest absolute Gasteiger partial charge is 0.407 e. The Morgan fingerprint density at radius 3 is 2.50 bits per heavy atom. The van der Waals surface area contributed by atoms with Crippen molar-refractivity contribution in [2.75, 3.05) is 13.1 Å². The van der Waals surface area contributed by atoms with Crippen LogP contribution in [0.5, 0.6) is 0 Å². The third kappa shape index (κ3) is 6.08.